The van der Waals surface area contributed by atoms with Crippen molar-refractivity contribution in [2.75, 3.05) is 5.32 Å². The molecule has 0 spiro atoms. The number of aromatic amines is 1. The van der Waals surface area contributed by atoms with Crippen LogP contribution in [0.15, 0.2) is 18.0 Å². The molecule has 2 heterocycles. The van der Waals surface area contributed by atoms with Crippen molar-refractivity contribution >= 4 is 34.6 Å². The summed E-state index contributed by atoms with van der Waals surface area (Å²) in [5, 5.41) is 2.92. The zero-order valence-corrected chi connectivity index (χ0v) is 11.6. The van der Waals surface area contributed by atoms with E-state index in [4.69, 9.17) is 11.6 Å². The van der Waals surface area contributed by atoms with Crippen LogP contribution in [0.1, 0.15) is 32.1 Å². The molecule has 1 aliphatic rings. The van der Waals surface area contributed by atoms with Crippen LogP contribution < -0.4 is 5.32 Å². The van der Waals surface area contributed by atoms with E-state index in [1.54, 1.807) is 0 Å². The van der Waals surface area contributed by atoms with Crippen LogP contribution in [0.25, 0.3) is 11.2 Å². The Morgan fingerprint density at radius 2 is 2.30 bits per heavy atom. The highest BCUT2D eigenvalue weighted by atomic mass is 35.5. The number of nitrogens with one attached hydrogen (secondary N) is 2. The summed E-state index contributed by atoms with van der Waals surface area (Å²) >= 11 is 5.99. The summed E-state index contributed by atoms with van der Waals surface area (Å²) in [5.74, 6) is 0.0695. The minimum Gasteiger partial charge on any atom is -0.341 e. The number of hydrogen-bond donors (Lipinski definition) is 2. The Hall–Kier alpha value is -1.95. The number of nitrogens with zero attached hydrogens (tertiary/aromatic N) is 3. The lowest BCUT2D eigenvalue weighted by Gasteiger charge is -2.12. The summed E-state index contributed by atoms with van der Waals surface area (Å²) in [5.41, 5.74) is 2.19. The number of imidazole rings is 1. The molecule has 2 N–H and O–H groups in total. The first-order chi connectivity index (χ1) is 9.72. The molecule has 104 valence electrons. The van der Waals surface area contributed by atoms with E-state index in [1.807, 2.05) is 0 Å². The Balaban J connectivity index is 1.72. The maximum atomic E-state index is 12.0. The van der Waals surface area contributed by atoms with Crippen molar-refractivity contribution in [3.63, 3.8) is 0 Å². The van der Waals surface area contributed by atoms with Gasteiger partial charge in [0.05, 0.1) is 6.33 Å². The molecular formula is C13H14ClN5O. The quantitative estimate of drug-likeness (QED) is 0.673. The van der Waals surface area contributed by atoms with Crippen LogP contribution in [0, 0.1) is 0 Å². The standard InChI is InChI=1S/C13H14ClN5O/c14-11-10-12(16-7-15-10)19-13(18-11)17-9(20)6-8-4-2-1-3-5-8/h4,7H,1-3,5-6H2,(H2,15,16,17,18,19,20). The third-order valence-electron chi connectivity index (χ3n) is 3.27. The Morgan fingerprint density at radius 3 is 3.10 bits per heavy atom. The van der Waals surface area contributed by atoms with Gasteiger partial charge in [0.15, 0.2) is 10.8 Å². The van der Waals surface area contributed by atoms with Gasteiger partial charge in [0.25, 0.3) is 0 Å². The van der Waals surface area contributed by atoms with Crippen molar-refractivity contribution in [1.29, 1.82) is 0 Å². The first-order valence-corrected chi connectivity index (χ1v) is 6.94. The van der Waals surface area contributed by atoms with E-state index in [2.05, 4.69) is 31.3 Å². The van der Waals surface area contributed by atoms with Gasteiger partial charge in [-0.05, 0) is 25.7 Å². The van der Waals surface area contributed by atoms with Crippen molar-refractivity contribution in [2.45, 2.75) is 32.1 Å². The number of allylic oxidation sites excluding steroid dienone is 1. The van der Waals surface area contributed by atoms with E-state index in [-0.39, 0.29) is 17.0 Å². The molecule has 0 atom stereocenters. The fraction of sp³-hybridized carbons (Fsp3) is 0.385. The normalized spacial score (nSPS) is 15.2. The zero-order chi connectivity index (χ0) is 13.9. The number of carbonyl (C=O) groups is 1. The second-order valence-corrected chi connectivity index (χ2v) is 5.13. The third kappa shape index (κ3) is 2.80. The second-order valence-electron chi connectivity index (χ2n) is 4.77. The molecule has 0 radical (unpaired) electrons. The van der Waals surface area contributed by atoms with Gasteiger partial charge in [-0.25, -0.2) is 4.98 Å². The maximum absolute atomic E-state index is 12.0. The van der Waals surface area contributed by atoms with Gasteiger partial charge in [0.1, 0.15) is 5.52 Å². The minimum atomic E-state index is -0.121. The molecule has 2 aromatic rings. The fourth-order valence-corrected chi connectivity index (χ4v) is 2.51. The molecule has 0 unspecified atom stereocenters. The van der Waals surface area contributed by atoms with Crippen LogP contribution >= 0.6 is 11.6 Å². The molecule has 6 nitrogen and oxygen atoms in total. The van der Waals surface area contributed by atoms with Crippen LogP contribution in [-0.4, -0.2) is 25.8 Å². The fourth-order valence-electron chi connectivity index (χ4n) is 2.29. The number of H-pyrrole nitrogens is 1. The molecule has 0 fully saturated rings. The third-order valence-corrected chi connectivity index (χ3v) is 3.54. The lowest BCUT2D eigenvalue weighted by molar-refractivity contribution is -0.115. The zero-order valence-electron chi connectivity index (χ0n) is 10.8. The molecule has 0 saturated carbocycles. The van der Waals surface area contributed by atoms with Crippen LogP contribution in [0.5, 0.6) is 0 Å². The van der Waals surface area contributed by atoms with Crippen molar-refractivity contribution in [3.05, 3.63) is 23.1 Å². The molecule has 1 aliphatic carbocycles. The number of amides is 1. The summed E-state index contributed by atoms with van der Waals surface area (Å²) in [6.07, 6.45) is 8.44. The van der Waals surface area contributed by atoms with Crippen molar-refractivity contribution in [3.8, 4) is 0 Å². The molecule has 0 aromatic carbocycles. The molecule has 0 bridgehead atoms. The number of anilines is 1. The van der Waals surface area contributed by atoms with Gasteiger partial charge in [0.2, 0.25) is 11.9 Å². The van der Waals surface area contributed by atoms with E-state index >= 15 is 0 Å². The molecular weight excluding hydrogens is 278 g/mol. The number of halogens is 1. The van der Waals surface area contributed by atoms with Gasteiger partial charge < -0.3 is 4.98 Å². The van der Waals surface area contributed by atoms with Crippen LogP contribution in [0.3, 0.4) is 0 Å². The molecule has 0 saturated heterocycles. The van der Waals surface area contributed by atoms with Gasteiger partial charge in [0, 0.05) is 6.42 Å². The monoisotopic (exact) mass is 291 g/mol. The van der Waals surface area contributed by atoms with Crippen molar-refractivity contribution in [1.82, 2.24) is 19.9 Å². The summed E-state index contributed by atoms with van der Waals surface area (Å²) in [7, 11) is 0. The predicted octanol–water partition coefficient (Wildman–Crippen LogP) is 2.84. The first-order valence-electron chi connectivity index (χ1n) is 6.57. The molecule has 3 rings (SSSR count). The van der Waals surface area contributed by atoms with Gasteiger partial charge in [-0.1, -0.05) is 23.3 Å². The van der Waals surface area contributed by atoms with Crippen molar-refractivity contribution < 1.29 is 4.79 Å². The lowest BCUT2D eigenvalue weighted by atomic mass is 9.97. The van der Waals surface area contributed by atoms with E-state index in [9.17, 15) is 4.79 Å². The Bertz CT molecular complexity index is 678. The van der Waals surface area contributed by atoms with E-state index in [1.165, 1.54) is 18.3 Å². The van der Waals surface area contributed by atoms with E-state index in [0.717, 1.165) is 19.3 Å². The Kier molecular flexibility index (Phi) is 3.64. The average molecular weight is 292 g/mol. The molecule has 1 amide bonds. The van der Waals surface area contributed by atoms with E-state index in [0.29, 0.717) is 17.6 Å². The number of rotatable bonds is 3. The van der Waals surface area contributed by atoms with Crippen LogP contribution in [-0.2, 0) is 4.79 Å². The lowest BCUT2D eigenvalue weighted by Crippen LogP contribution is -2.15. The number of aromatic nitrogens is 4. The Morgan fingerprint density at radius 1 is 1.40 bits per heavy atom. The first kappa shape index (κ1) is 13.1. The summed E-state index contributed by atoms with van der Waals surface area (Å²) < 4.78 is 0. The predicted molar refractivity (Wildman–Crippen MR) is 76.5 cm³/mol. The summed E-state index contributed by atoms with van der Waals surface area (Å²) in [6.45, 7) is 0. The van der Waals surface area contributed by atoms with Gasteiger partial charge in [-0.2, -0.15) is 9.97 Å². The highest BCUT2D eigenvalue weighted by Gasteiger charge is 2.13. The smallest absolute Gasteiger partial charge is 0.233 e. The SMILES string of the molecule is O=C(CC1=CCCCC1)Nc1nc(Cl)c2[nH]cnc2n1. The number of carbonyl (C=O) groups excluding carboxylic acids is 1. The molecule has 2 aromatic heterocycles. The van der Waals surface area contributed by atoms with Crippen molar-refractivity contribution in [2.24, 2.45) is 0 Å². The number of fused-ring (bicyclic) bond motifs is 1. The summed E-state index contributed by atoms with van der Waals surface area (Å²) in [6, 6.07) is 0. The highest BCUT2D eigenvalue weighted by Crippen LogP contribution is 2.21. The molecule has 7 heteroatoms. The van der Waals surface area contributed by atoms with Crippen LogP contribution in [0.2, 0.25) is 5.15 Å². The van der Waals surface area contributed by atoms with Gasteiger partial charge in [-0.3, -0.25) is 10.1 Å². The minimum absolute atomic E-state index is 0.121. The number of hydrogen-bond acceptors (Lipinski definition) is 4. The van der Waals surface area contributed by atoms with Crippen LogP contribution in [0.4, 0.5) is 5.95 Å². The summed E-state index contributed by atoms with van der Waals surface area (Å²) in [4.78, 5) is 27.0. The van der Waals surface area contributed by atoms with Gasteiger partial charge in [-0.15, -0.1) is 0 Å². The largest absolute Gasteiger partial charge is 0.341 e. The Labute approximate surface area is 120 Å². The second kappa shape index (κ2) is 5.58. The maximum Gasteiger partial charge on any atom is 0.233 e. The van der Waals surface area contributed by atoms with Gasteiger partial charge >= 0.3 is 0 Å². The van der Waals surface area contributed by atoms with E-state index < -0.39 is 0 Å². The average Bonchev–Trinajstić information content (AvgIpc) is 2.88. The highest BCUT2D eigenvalue weighted by molar-refractivity contribution is 6.33. The topological polar surface area (TPSA) is 83.6 Å². The molecule has 20 heavy (non-hydrogen) atoms. The molecule has 0 aliphatic heterocycles.